The fraction of sp³-hybridized carbons (Fsp3) is 0.333. The van der Waals surface area contributed by atoms with Gasteiger partial charge in [-0.1, -0.05) is 18.9 Å². The van der Waals surface area contributed by atoms with Crippen molar-refractivity contribution >= 4 is 50.1 Å². The Hall–Kier alpha value is -3.04. The van der Waals surface area contributed by atoms with Crippen LogP contribution < -0.4 is 16.4 Å². The summed E-state index contributed by atoms with van der Waals surface area (Å²) in [7, 11) is 1.93. The van der Waals surface area contributed by atoms with E-state index in [1.54, 1.807) is 12.5 Å². The number of hydrogen-bond donors (Lipinski definition) is 3. The van der Waals surface area contributed by atoms with Gasteiger partial charge in [0.15, 0.2) is 0 Å². The van der Waals surface area contributed by atoms with Crippen molar-refractivity contribution < 1.29 is 4.79 Å². The van der Waals surface area contributed by atoms with Gasteiger partial charge in [-0.15, -0.1) is 11.3 Å². The fourth-order valence-electron chi connectivity index (χ4n) is 4.01. The normalized spacial score (nSPS) is 19.3. The van der Waals surface area contributed by atoms with E-state index in [-0.39, 0.29) is 18.0 Å². The lowest BCUT2D eigenvalue weighted by molar-refractivity contribution is 0.102. The highest BCUT2D eigenvalue weighted by Gasteiger charge is 2.23. The summed E-state index contributed by atoms with van der Waals surface area (Å²) in [5, 5.41) is 8.18. The maximum atomic E-state index is 13.1. The highest BCUT2D eigenvalue weighted by Crippen LogP contribution is 2.28. The molecule has 0 aliphatic heterocycles. The average molecular weight is 422 g/mol. The smallest absolute Gasteiger partial charge is 0.258 e. The zero-order valence-corrected chi connectivity index (χ0v) is 17.4. The maximum absolute atomic E-state index is 13.1. The molecule has 3 aromatic heterocycles. The Morgan fingerprint density at radius 2 is 2.10 bits per heavy atom. The molecule has 1 aliphatic rings. The number of hydrogen-bond acceptors (Lipinski definition) is 7. The molecule has 1 saturated carbocycles. The first-order valence-corrected chi connectivity index (χ1v) is 11.0. The predicted molar refractivity (Wildman–Crippen MR) is 120 cm³/mol. The van der Waals surface area contributed by atoms with Crippen LogP contribution in [0.15, 0.2) is 36.1 Å². The summed E-state index contributed by atoms with van der Waals surface area (Å²) in [5.74, 6) is 0.308. The lowest BCUT2D eigenvalue weighted by Gasteiger charge is -2.29. The zero-order chi connectivity index (χ0) is 20.7. The van der Waals surface area contributed by atoms with Crippen molar-refractivity contribution in [2.24, 2.45) is 12.8 Å². The summed E-state index contributed by atoms with van der Waals surface area (Å²) >= 11 is 1.46. The van der Waals surface area contributed by atoms with Gasteiger partial charge in [-0.2, -0.15) is 0 Å². The molecule has 5 rings (SSSR count). The molecule has 0 saturated heterocycles. The standard InChI is InChI=1S/C21H23N7OS/c1-28-11-24-19-15(7-4-8-16(19)28)25-20(29)12-10-30-17-9-23-21(27-18(12)17)26-14-6-3-2-5-13(14)22/h4,7-11,13-14H,2-3,5-6,22H2,1H3,(H,25,29)(H,23,26,27)/t13-,14+/m1/s1. The molecule has 1 amide bonds. The topological polar surface area (TPSA) is 111 Å². The van der Waals surface area contributed by atoms with Crippen LogP contribution in [-0.4, -0.2) is 37.5 Å². The molecule has 4 N–H and O–H groups in total. The van der Waals surface area contributed by atoms with Crippen molar-refractivity contribution in [2.45, 2.75) is 37.8 Å². The second-order valence-electron chi connectivity index (χ2n) is 7.74. The van der Waals surface area contributed by atoms with Crippen molar-refractivity contribution in [2.75, 3.05) is 10.6 Å². The van der Waals surface area contributed by atoms with Crippen LogP contribution in [-0.2, 0) is 7.05 Å². The van der Waals surface area contributed by atoms with Gasteiger partial charge < -0.3 is 20.9 Å². The summed E-state index contributed by atoms with van der Waals surface area (Å²) in [6.45, 7) is 0. The Balaban J connectivity index is 1.42. The van der Waals surface area contributed by atoms with E-state index in [4.69, 9.17) is 5.73 Å². The largest absolute Gasteiger partial charge is 0.350 e. The van der Waals surface area contributed by atoms with Gasteiger partial charge in [0.25, 0.3) is 5.91 Å². The van der Waals surface area contributed by atoms with Crippen LogP contribution in [0.3, 0.4) is 0 Å². The molecule has 30 heavy (non-hydrogen) atoms. The molecule has 0 spiro atoms. The Kier molecular flexibility index (Phi) is 4.84. The van der Waals surface area contributed by atoms with E-state index in [9.17, 15) is 4.79 Å². The number of carbonyl (C=O) groups excluding carboxylic acids is 1. The van der Waals surface area contributed by atoms with Crippen LogP contribution in [0, 0.1) is 0 Å². The third kappa shape index (κ3) is 3.40. The van der Waals surface area contributed by atoms with Gasteiger partial charge in [0.05, 0.1) is 39.5 Å². The van der Waals surface area contributed by atoms with Crippen LogP contribution in [0.2, 0.25) is 0 Å². The molecule has 0 radical (unpaired) electrons. The average Bonchev–Trinajstić information content (AvgIpc) is 3.34. The van der Waals surface area contributed by atoms with Crippen molar-refractivity contribution in [3.05, 3.63) is 41.7 Å². The Morgan fingerprint density at radius 1 is 1.23 bits per heavy atom. The number of anilines is 2. The van der Waals surface area contributed by atoms with Crippen molar-refractivity contribution in [3.63, 3.8) is 0 Å². The molecule has 9 heteroatoms. The first-order chi connectivity index (χ1) is 14.6. The van der Waals surface area contributed by atoms with E-state index in [0.29, 0.717) is 22.7 Å². The molecule has 8 nitrogen and oxygen atoms in total. The number of aromatic nitrogens is 4. The highest BCUT2D eigenvalue weighted by atomic mass is 32.1. The first kappa shape index (κ1) is 19.0. The number of nitrogens with two attached hydrogens (primary N) is 1. The lowest BCUT2D eigenvalue weighted by Crippen LogP contribution is -2.42. The fourth-order valence-corrected chi connectivity index (χ4v) is 4.86. The highest BCUT2D eigenvalue weighted by molar-refractivity contribution is 7.17. The molecular formula is C21H23N7OS. The molecule has 4 aromatic rings. The molecular weight excluding hydrogens is 398 g/mol. The SMILES string of the molecule is Cn1cnc2c(NC(=O)c3csc4cnc(N[C@H]5CCCC[C@H]5N)nc34)cccc21. The molecule has 1 fully saturated rings. The van der Waals surface area contributed by atoms with Crippen LogP contribution in [0.4, 0.5) is 11.6 Å². The van der Waals surface area contributed by atoms with Crippen LogP contribution >= 0.6 is 11.3 Å². The third-order valence-corrected chi connectivity index (χ3v) is 6.60. The van der Waals surface area contributed by atoms with Crippen molar-refractivity contribution in [1.29, 1.82) is 0 Å². The van der Waals surface area contributed by atoms with Gasteiger partial charge in [-0.25, -0.2) is 15.0 Å². The van der Waals surface area contributed by atoms with Gasteiger partial charge in [-0.05, 0) is 25.0 Å². The Bertz CT molecular complexity index is 1230. The molecule has 0 unspecified atom stereocenters. The minimum absolute atomic E-state index is 0.0992. The van der Waals surface area contributed by atoms with E-state index in [1.165, 1.54) is 11.3 Å². The summed E-state index contributed by atoms with van der Waals surface area (Å²) in [4.78, 5) is 26.5. The van der Waals surface area contributed by atoms with Gasteiger partial charge in [0, 0.05) is 24.5 Å². The van der Waals surface area contributed by atoms with Gasteiger partial charge >= 0.3 is 0 Å². The van der Waals surface area contributed by atoms with Gasteiger partial charge in [0.2, 0.25) is 5.95 Å². The number of fused-ring (bicyclic) bond motifs is 2. The lowest BCUT2D eigenvalue weighted by atomic mass is 9.91. The molecule has 3 heterocycles. The monoisotopic (exact) mass is 421 g/mol. The minimum atomic E-state index is -0.210. The van der Waals surface area contributed by atoms with Gasteiger partial charge in [-0.3, -0.25) is 4.79 Å². The Morgan fingerprint density at radius 3 is 2.97 bits per heavy atom. The van der Waals surface area contributed by atoms with E-state index in [1.807, 2.05) is 35.2 Å². The van der Waals surface area contributed by atoms with Crippen molar-refractivity contribution in [1.82, 2.24) is 19.5 Å². The number of benzene rings is 1. The zero-order valence-electron chi connectivity index (χ0n) is 16.6. The summed E-state index contributed by atoms with van der Waals surface area (Å²) in [6.07, 6.45) is 7.83. The van der Waals surface area contributed by atoms with E-state index >= 15 is 0 Å². The number of carbonyl (C=O) groups is 1. The number of para-hydroxylation sites is 1. The summed E-state index contributed by atoms with van der Waals surface area (Å²) in [5.41, 5.74) is 9.82. The Labute approximate surface area is 177 Å². The molecule has 1 aromatic carbocycles. The van der Waals surface area contributed by atoms with E-state index in [0.717, 1.165) is 41.4 Å². The van der Waals surface area contributed by atoms with Crippen molar-refractivity contribution in [3.8, 4) is 0 Å². The van der Waals surface area contributed by atoms with E-state index < -0.39 is 0 Å². The number of nitrogens with one attached hydrogen (secondary N) is 2. The maximum Gasteiger partial charge on any atom is 0.258 e. The van der Waals surface area contributed by atoms with E-state index in [2.05, 4.69) is 25.6 Å². The second kappa shape index (κ2) is 7.66. The number of aryl methyl sites for hydroxylation is 1. The van der Waals surface area contributed by atoms with Crippen LogP contribution in [0.25, 0.3) is 21.3 Å². The molecule has 2 atom stereocenters. The predicted octanol–water partition coefficient (Wildman–Crippen LogP) is 3.51. The minimum Gasteiger partial charge on any atom is -0.350 e. The molecule has 1 aliphatic carbocycles. The van der Waals surface area contributed by atoms with Crippen LogP contribution in [0.5, 0.6) is 0 Å². The van der Waals surface area contributed by atoms with Crippen LogP contribution in [0.1, 0.15) is 36.0 Å². The first-order valence-electron chi connectivity index (χ1n) is 10.1. The number of rotatable bonds is 4. The third-order valence-electron chi connectivity index (χ3n) is 5.70. The van der Waals surface area contributed by atoms with Gasteiger partial charge in [0.1, 0.15) is 5.52 Å². The number of imidazole rings is 1. The number of nitrogens with zero attached hydrogens (tertiary/aromatic N) is 4. The summed E-state index contributed by atoms with van der Waals surface area (Å²) in [6, 6.07) is 5.99. The number of thiophene rings is 1. The molecule has 0 bridgehead atoms. The summed E-state index contributed by atoms with van der Waals surface area (Å²) < 4.78 is 2.79. The quantitative estimate of drug-likeness (QED) is 0.465. The number of amides is 1. The second-order valence-corrected chi connectivity index (χ2v) is 8.65. The molecule has 154 valence electrons.